The van der Waals surface area contributed by atoms with Gasteiger partial charge in [0.25, 0.3) is 0 Å². The number of Topliss-reactive ketones (excluding diaryl/α,β-unsaturated/α-hetero) is 1. The summed E-state index contributed by atoms with van der Waals surface area (Å²) < 4.78 is 42.3. The van der Waals surface area contributed by atoms with E-state index in [0.717, 1.165) is 16.8 Å². The number of rotatable bonds is 8. The number of carbonyl (C=O) groups is 1. The molecule has 170 valence electrons. The number of benzene rings is 1. The smallest absolute Gasteiger partial charge is 0.363 e. The topological polar surface area (TPSA) is 50.2 Å². The summed E-state index contributed by atoms with van der Waals surface area (Å²) in [5.74, 6) is -0.0205. The third-order valence-electron chi connectivity index (χ3n) is 5.89. The van der Waals surface area contributed by atoms with Crippen molar-refractivity contribution < 1.29 is 18.0 Å². The van der Waals surface area contributed by atoms with E-state index in [-0.39, 0.29) is 30.0 Å². The van der Waals surface area contributed by atoms with E-state index in [1.54, 1.807) is 24.3 Å². The number of carbonyl (C=O) groups excluding carboxylic acids is 1. The molecule has 0 radical (unpaired) electrons. The summed E-state index contributed by atoms with van der Waals surface area (Å²) in [4.78, 5) is 15.2. The van der Waals surface area contributed by atoms with Crippen LogP contribution in [0.2, 0.25) is 0 Å². The van der Waals surface area contributed by atoms with Gasteiger partial charge in [0, 0.05) is 24.9 Å². The van der Waals surface area contributed by atoms with Crippen LogP contribution in [0.1, 0.15) is 75.0 Å². The van der Waals surface area contributed by atoms with E-state index < -0.39 is 18.3 Å². The Labute approximate surface area is 181 Å². The molecular weight excluding hydrogens is 405 g/mol. The molecule has 2 aromatic rings. The van der Waals surface area contributed by atoms with Crippen LogP contribution in [0.5, 0.6) is 0 Å². The molecule has 8 heteroatoms. The molecule has 0 amide bonds. The SMILES string of the molecule is CC(C)N(CCCC(=O)c1cnn2c1NC(c1ccccc1)CC2C(F)(F)F)C(C)C. The zero-order valence-electron chi connectivity index (χ0n) is 18.5. The Morgan fingerprint density at radius 3 is 2.42 bits per heavy atom. The van der Waals surface area contributed by atoms with Crippen LogP contribution in [0.4, 0.5) is 19.0 Å². The van der Waals surface area contributed by atoms with E-state index in [1.165, 1.54) is 6.20 Å². The van der Waals surface area contributed by atoms with Crippen molar-refractivity contribution in [3.63, 3.8) is 0 Å². The highest BCUT2D eigenvalue weighted by Crippen LogP contribution is 2.44. The minimum atomic E-state index is -4.45. The van der Waals surface area contributed by atoms with Crippen LogP contribution in [0.15, 0.2) is 36.5 Å². The molecule has 1 aromatic heterocycles. The Bertz CT molecular complexity index is 869. The molecule has 5 nitrogen and oxygen atoms in total. The maximum atomic E-state index is 13.8. The predicted molar refractivity (Wildman–Crippen MR) is 115 cm³/mol. The molecule has 2 heterocycles. The van der Waals surface area contributed by atoms with Gasteiger partial charge in [0.15, 0.2) is 11.8 Å². The number of alkyl halides is 3. The van der Waals surface area contributed by atoms with Crippen molar-refractivity contribution in [3.05, 3.63) is 47.7 Å². The van der Waals surface area contributed by atoms with Crippen LogP contribution in [0, 0.1) is 0 Å². The van der Waals surface area contributed by atoms with Crippen LogP contribution in [0.3, 0.4) is 0 Å². The number of nitrogens with one attached hydrogen (secondary N) is 1. The predicted octanol–water partition coefficient (Wildman–Crippen LogP) is 5.63. The van der Waals surface area contributed by atoms with Crippen molar-refractivity contribution in [3.8, 4) is 0 Å². The molecule has 0 spiro atoms. The van der Waals surface area contributed by atoms with E-state index >= 15 is 0 Å². The summed E-state index contributed by atoms with van der Waals surface area (Å²) in [6, 6.07) is 7.42. The third kappa shape index (κ3) is 5.29. The minimum Gasteiger partial charge on any atom is -0.363 e. The number of anilines is 1. The Balaban J connectivity index is 1.80. The first-order valence-electron chi connectivity index (χ1n) is 10.8. The van der Waals surface area contributed by atoms with Gasteiger partial charge in [-0.15, -0.1) is 0 Å². The molecule has 31 heavy (non-hydrogen) atoms. The molecule has 1 N–H and O–H groups in total. The van der Waals surface area contributed by atoms with Crippen molar-refractivity contribution in [2.45, 2.75) is 77.3 Å². The Hall–Kier alpha value is -2.35. The Morgan fingerprint density at radius 2 is 1.84 bits per heavy atom. The maximum absolute atomic E-state index is 13.8. The fraction of sp³-hybridized carbons (Fsp3) is 0.565. The molecule has 0 bridgehead atoms. The average molecular weight is 437 g/mol. The van der Waals surface area contributed by atoms with Gasteiger partial charge in [-0.2, -0.15) is 18.3 Å². The van der Waals surface area contributed by atoms with E-state index in [1.807, 2.05) is 6.07 Å². The molecule has 1 aliphatic rings. The fourth-order valence-corrected chi connectivity index (χ4v) is 4.34. The molecule has 3 rings (SSSR count). The second-order valence-corrected chi connectivity index (χ2v) is 8.70. The van der Waals surface area contributed by atoms with E-state index in [4.69, 9.17) is 0 Å². The number of hydrogen-bond donors (Lipinski definition) is 1. The Morgan fingerprint density at radius 1 is 1.19 bits per heavy atom. The molecular formula is C23H31F3N4O. The molecule has 1 aromatic carbocycles. The summed E-state index contributed by atoms with van der Waals surface area (Å²) in [5.41, 5.74) is 0.989. The summed E-state index contributed by atoms with van der Waals surface area (Å²) in [7, 11) is 0. The van der Waals surface area contributed by atoms with Crippen molar-refractivity contribution in [1.29, 1.82) is 0 Å². The lowest BCUT2D eigenvalue weighted by Crippen LogP contribution is -2.37. The zero-order chi connectivity index (χ0) is 22.8. The van der Waals surface area contributed by atoms with Gasteiger partial charge in [-0.3, -0.25) is 9.69 Å². The normalized spacial score (nSPS) is 19.0. The first kappa shape index (κ1) is 23.3. The Kier molecular flexibility index (Phi) is 7.09. The summed E-state index contributed by atoms with van der Waals surface area (Å²) in [6.07, 6.45) is -2.44. The van der Waals surface area contributed by atoms with Gasteiger partial charge in [0.05, 0.1) is 17.8 Å². The van der Waals surface area contributed by atoms with Crippen LogP contribution >= 0.6 is 0 Å². The first-order chi connectivity index (χ1) is 14.6. The van der Waals surface area contributed by atoms with Gasteiger partial charge in [0.1, 0.15) is 5.82 Å². The van der Waals surface area contributed by atoms with Crippen LogP contribution in [-0.4, -0.2) is 45.3 Å². The number of fused-ring (bicyclic) bond motifs is 1. The highest BCUT2D eigenvalue weighted by Gasteiger charge is 2.47. The highest BCUT2D eigenvalue weighted by atomic mass is 19.4. The van der Waals surface area contributed by atoms with Gasteiger partial charge in [-0.1, -0.05) is 30.3 Å². The van der Waals surface area contributed by atoms with Crippen LogP contribution < -0.4 is 5.32 Å². The van der Waals surface area contributed by atoms with Crippen molar-refractivity contribution in [2.24, 2.45) is 0 Å². The molecule has 0 saturated heterocycles. The lowest BCUT2D eigenvalue weighted by atomic mass is 9.96. The molecule has 2 atom stereocenters. The average Bonchev–Trinajstić information content (AvgIpc) is 3.13. The number of hydrogen-bond acceptors (Lipinski definition) is 4. The minimum absolute atomic E-state index is 0.164. The second kappa shape index (κ2) is 9.42. The second-order valence-electron chi connectivity index (χ2n) is 8.70. The number of halogens is 3. The highest BCUT2D eigenvalue weighted by molar-refractivity contribution is 6.00. The number of nitrogens with zero attached hydrogens (tertiary/aromatic N) is 3. The molecule has 0 saturated carbocycles. The van der Waals surface area contributed by atoms with Gasteiger partial charge in [0.2, 0.25) is 0 Å². The molecule has 2 unspecified atom stereocenters. The van der Waals surface area contributed by atoms with E-state index in [2.05, 4.69) is 43.0 Å². The lowest BCUT2D eigenvalue weighted by molar-refractivity contribution is -0.173. The van der Waals surface area contributed by atoms with Gasteiger partial charge >= 0.3 is 6.18 Å². The number of aromatic nitrogens is 2. The van der Waals surface area contributed by atoms with Gasteiger partial charge in [-0.25, -0.2) is 4.68 Å². The first-order valence-corrected chi connectivity index (χ1v) is 10.8. The monoisotopic (exact) mass is 436 g/mol. The summed E-state index contributed by atoms with van der Waals surface area (Å²) in [6.45, 7) is 9.21. The van der Waals surface area contributed by atoms with Crippen LogP contribution in [-0.2, 0) is 0 Å². The number of ketones is 1. The zero-order valence-corrected chi connectivity index (χ0v) is 18.5. The van der Waals surface area contributed by atoms with Crippen molar-refractivity contribution in [2.75, 3.05) is 11.9 Å². The largest absolute Gasteiger partial charge is 0.410 e. The maximum Gasteiger partial charge on any atom is 0.410 e. The lowest BCUT2D eigenvalue weighted by Gasteiger charge is -2.34. The third-order valence-corrected chi connectivity index (χ3v) is 5.89. The quantitative estimate of drug-likeness (QED) is 0.545. The molecule has 1 aliphatic heterocycles. The van der Waals surface area contributed by atoms with E-state index in [9.17, 15) is 18.0 Å². The van der Waals surface area contributed by atoms with Crippen LogP contribution in [0.25, 0.3) is 0 Å². The molecule has 0 aliphatic carbocycles. The van der Waals surface area contributed by atoms with Gasteiger partial charge in [-0.05, 0) is 46.2 Å². The molecule has 0 fully saturated rings. The standard InChI is InChI=1S/C23H31F3N4O/c1-15(2)29(16(3)4)12-8-11-20(31)18-14-27-30-21(23(24,25)26)13-19(28-22(18)30)17-9-6-5-7-10-17/h5-7,9-10,14-16,19,21,28H,8,11-13H2,1-4H3. The fourth-order valence-electron chi connectivity index (χ4n) is 4.34. The van der Waals surface area contributed by atoms with Crippen molar-refractivity contribution in [1.82, 2.24) is 14.7 Å². The van der Waals surface area contributed by atoms with E-state index in [0.29, 0.717) is 18.5 Å². The summed E-state index contributed by atoms with van der Waals surface area (Å²) >= 11 is 0. The van der Waals surface area contributed by atoms with Crippen molar-refractivity contribution >= 4 is 11.6 Å². The van der Waals surface area contributed by atoms with Gasteiger partial charge < -0.3 is 5.32 Å². The summed E-state index contributed by atoms with van der Waals surface area (Å²) in [5, 5.41) is 7.11.